The number of amides is 2. The lowest BCUT2D eigenvalue weighted by Crippen LogP contribution is -2.73. The molecule has 0 aromatic rings. The molecular weight excluding hydrogens is 258 g/mol. The average molecular weight is 281 g/mol. The summed E-state index contributed by atoms with van der Waals surface area (Å²) in [6.07, 6.45) is 1.03. The molecule has 0 radical (unpaired) electrons. The number of likely N-dealkylation sites (N-methyl/N-ethyl adjacent to an activating group) is 2. The Kier molecular flexibility index (Phi) is 3.25. The Bertz CT molecular complexity index is 433. The van der Waals surface area contributed by atoms with Crippen LogP contribution in [0.25, 0.3) is 0 Å². The van der Waals surface area contributed by atoms with Gasteiger partial charge in [-0.05, 0) is 19.4 Å². The maximum Gasteiger partial charge on any atom is 0.239 e. The monoisotopic (exact) mass is 281 g/mol. The quantitative estimate of drug-likeness (QED) is 0.727. The van der Waals surface area contributed by atoms with Crippen LogP contribution in [0.4, 0.5) is 0 Å². The number of nitrogens with zero attached hydrogens (tertiary/aromatic N) is 2. The molecule has 1 spiro atoms. The second kappa shape index (κ2) is 4.70. The van der Waals surface area contributed by atoms with Crippen molar-refractivity contribution in [1.29, 1.82) is 0 Å². The first-order valence-electron chi connectivity index (χ1n) is 7.30. The summed E-state index contributed by atoms with van der Waals surface area (Å²) in [6, 6.07) is -0.223. The van der Waals surface area contributed by atoms with E-state index in [-0.39, 0.29) is 29.4 Å². The number of rotatable bonds is 2. The molecule has 0 aromatic heterocycles. The van der Waals surface area contributed by atoms with E-state index in [0.717, 1.165) is 6.42 Å². The maximum absolute atomic E-state index is 12.1. The van der Waals surface area contributed by atoms with E-state index in [1.807, 2.05) is 16.8 Å². The number of nitrogens with one attached hydrogen (secondary N) is 1. The van der Waals surface area contributed by atoms with Crippen molar-refractivity contribution in [3.05, 3.63) is 0 Å². The van der Waals surface area contributed by atoms with Crippen LogP contribution in [0.5, 0.6) is 0 Å². The van der Waals surface area contributed by atoms with Crippen molar-refractivity contribution in [1.82, 2.24) is 15.1 Å². The first-order chi connectivity index (χ1) is 9.46. The molecule has 2 heterocycles. The Balaban J connectivity index is 1.54. The lowest BCUT2D eigenvalue weighted by molar-refractivity contribution is -0.201. The lowest BCUT2D eigenvalue weighted by atomic mass is 9.90. The van der Waals surface area contributed by atoms with Crippen LogP contribution in [0.1, 0.15) is 13.3 Å². The molecule has 0 bridgehead atoms. The highest BCUT2D eigenvalue weighted by atomic mass is 16.5. The lowest BCUT2D eigenvalue weighted by Gasteiger charge is -2.54. The number of carbonyl (C=O) groups is 2. The predicted octanol–water partition coefficient (Wildman–Crippen LogP) is -0.700. The van der Waals surface area contributed by atoms with Crippen LogP contribution >= 0.6 is 0 Å². The molecule has 0 aromatic carbocycles. The number of likely N-dealkylation sites (tertiary alicyclic amines) is 1. The minimum absolute atomic E-state index is 0.0126. The molecule has 1 N–H and O–H groups in total. The van der Waals surface area contributed by atoms with Gasteiger partial charge < -0.3 is 15.0 Å². The van der Waals surface area contributed by atoms with Crippen molar-refractivity contribution >= 4 is 11.8 Å². The summed E-state index contributed by atoms with van der Waals surface area (Å²) in [4.78, 5) is 27.8. The topological polar surface area (TPSA) is 61.9 Å². The molecule has 3 fully saturated rings. The molecular formula is C14H23N3O3. The highest BCUT2D eigenvalue weighted by Crippen LogP contribution is 2.42. The first-order valence-corrected chi connectivity index (χ1v) is 7.30. The summed E-state index contributed by atoms with van der Waals surface area (Å²) < 4.78 is 5.92. The minimum Gasteiger partial charge on any atom is -0.368 e. The van der Waals surface area contributed by atoms with Crippen molar-refractivity contribution in [2.24, 2.45) is 11.8 Å². The molecule has 1 saturated carbocycles. The van der Waals surface area contributed by atoms with Gasteiger partial charge in [-0.3, -0.25) is 14.5 Å². The summed E-state index contributed by atoms with van der Waals surface area (Å²) in [5.41, 5.74) is -0.257. The Morgan fingerprint density at radius 3 is 2.45 bits per heavy atom. The molecule has 2 amide bonds. The molecule has 112 valence electrons. The maximum atomic E-state index is 12.1. The third kappa shape index (κ3) is 2.20. The fourth-order valence-corrected chi connectivity index (χ4v) is 3.33. The molecule has 20 heavy (non-hydrogen) atoms. The van der Waals surface area contributed by atoms with Crippen molar-refractivity contribution in [2.45, 2.75) is 25.0 Å². The van der Waals surface area contributed by atoms with Crippen LogP contribution in [0.2, 0.25) is 0 Å². The Morgan fingerprint density at radius 1 is 1.30 bits per heavy atom. The summed E-state index contributed by atoms with van der Waals surface area (Å²) in [5, 5.41) is 2.66. The third-order valence-corrected chi connectivity index (χ3v) is 4.86. The van der Waals surface area contributed by atoms with Gasteiger partial charge in [-0.15, -0.1) is 0 Å². The molecule has 3 aliphatic rings. The minimum atomic E-state index is -0.257. The predicted molar refractivity (Wildman–Crippen MR) is 73.0 cm³/mol. The number of hydrogen-bond acceptors (Lipinski definition) is 4. The second-order valence-corrected chi connectivity index (χ2v) is 6.55. The van der Waals surface area contributed by atoms with Crippen molar-refractivity contribution in [3.8, 4) is 0 Å². The van der Waals surface area contributed by atoms with Gasteiger partial charge in [0.2, 0.25) is 11.8 Å². The van der Waals surface area contributed by atoms with Crippen LogP contribution in [-0.2, 0) is 14.3 Å². The zero-order valence-electron chi connectivity index (χ0n) is 12.4. The summed E-state index contributed by atoms with van der Waals surface area (Å²) >= 11 is 0. The van der Waals surface area contributed by atoms with Crippen LogP contribution in [0, 0.1) is 11.8 Å². The molecule has 1 aliphatic carbocycles. The van der Waals surface area contributed by atoms with E-state index in [9.17, 15) is 9.59 Å². The Hall–Kier alpha value is -1.14. The molecule has 3 atom stereocenters. The Morgan fingerprint density at radius 2 is 1.95 bits per heavy atom. The molecule has 2 aliphatic heterocycles. The number of morpholine rings is 1. The van der Waals surface area contributed by atoms with Crippen LogP contribution in [-0.4, -0.2) is 73.6 Å². The highest BCUT2D eigenvalue weighted by molar-refractivity contribution is 5.83. The summed E-state index contributed by atoms with van der Waals surface area (Å²) in [6.45, 7) is 4.56. The van der Waals surface area contributed by atoms with Gasteiger partial charge in [0.15, 0.2) is 0 Å². The zero-order valence-corrected chi connectivity index (χ0v) is 12.4. The smallest absolute Gasteiger partial charge is 0.239 e. The van der Waals surface area contributed by atoms with Gasteiger partial charge in [-0.2, -0.15) is 0 Å². The van der Waals surface area contributed by atoms with Gasteiger partial charge in [0.05, 0.1) is 19.7 Å². The van der Waals surface area contributed by atoms with Gasteiger partial charge in [0.1, 0.15) is 11.6 Å². The van der Waals surface area contributed by atoms with E-state index in [4.69, 9.17) is 4.74 Å². The zero-order chi connectivity index (χ0) is 14.5. The van der Waals surface area contributed by atoms with Gasteiger partial charge in [0, 0.05) is 19.5 Å². The second-order valence-electron chi connectivity index (χ2n) is 6.55. The average Bonchev–Trinajstić information content (AvgIpc) is 3.11. The van der Waals surface area contributed by atoms with E-state index in [1.165, 1.54) is 0 Å². The molecule has 3 rings (SSSR count). The Labute approximate surface area is 119 Å². The van der Waals surface area contributed by atoms with Gasteiger partial charge >= 0.3 is 0 Å². The molecule has 6 nitrogen and oxygen atoms in total. The normalized spacial score (nSPS) is 35.5. The highest BCUT2D eigenvalue weighted by Gasteiger charge is 2.54. The first kappa shape index (κ1) is 13.8. The standard InChI is InChI=1S/C14H23N3O3/c1-9-4-10(9)13(19)17-7-14(8-17)6-16(3)11(5-20-14)12(18)15-2/h9-11H,4-8H2,1-3H3,(H,15,18)/t9-,10+,11-/m0/s1. The van der Waals surface area contributed by atoms with Gasteiger partial charge in [0.25, 0.3) is 0 Å². The van der Waals surface area contributed by atoms with Crippen molar-refractivity contribution < 1.29 is 14.3 Å². The largest absolute Gasteiger partial charge is 0.368 e. The number of hydrogen-bond donors (Lipinski definition) is 1. The summed E-state index contributed by atoms with van der Waals surface area (Å²) in [5.74, 6) is 1.06. The number of ether oxygens (including phenoxy) is 1. The van der Waals surface area contributed by atoms with E-state index in [1.54, 1.807) is 7.05 Å². The van der Waals surface area contributed by atoms with Crippen LogP contribution in [0.15, 0.2) is 0 Å². The van der Waals surface area contributed by atoms with Crippen molar-refractivity contribution in [3.63, 3.8) is 0 Å². The third-order valence-electron chi connectivity index (χ3n) is 4.86. The van der Waals surface area contributed by atoms with Crippen molar-refractivity contribution in [2.75, 3.05) is 40.3 Å². The van der Waals surface area contributed by atoms with E-state index >= 15 is 0 Å². The molecule has 2 saturated heterocycles. The molecule has 6 heteroatoms. The summed E-state index contributed by atoms with van der Waals surface area (Å²) in [7, 11) is 3.58. The fourth-order valence-electron chi connectivity index (χ4n) is 3.33. The van der Waals surface area contributed by atoms with Crippen LogP contribution in [0.3, 0.4) is 0 Å². The molecule has 0 unspecified atom stereocenters. The SMILES string of the molecule is CNC(=O)[C@@H]1COC2(CN(C(=O)[C@@H]3C[C@@H]3C)C2)CN1C. The fraction of sp³-hybridized carbons (Fsp3) is 0.857. The van der Waals surface area contributed by atoms with Gasteiger partial charge in [-0.1, -0.05) is 6.92 Å². The number of carbonyl (C=O) groups excluding carboxylic acids is 2. The van der Waals surface area contributed by atoms with Crippen LogP contribution < -0.4 is 5.32 Å². The van der Waals surface area contributed by atoms with E-state index in [2.05, 4.69) is 12.2 Å². The van der Waals surface area contributed by atoms with E-state index < -0.39 is 0 Å². The van der Waals surface area contributed by atoms with Gasteiger partial charge in [-0.25, -0.2) is 0 Å². The van der Waals surface area contributed by atoms with E-state index in [0.29, 0.717) is 32.2 Å².